The molecular formula is C14H13BrClNO. The molecular weight excluding hydrogens is 314 g/mol. The Kier molecular flexibility index (Phi) is 4.64. The van der Waals surface area contributed by atoms with E-state index in [1.54, 1.807) is 0 Å². The number of rotatable bonds is 4. The number of aliphatic hydroxyl groups excluding tert-OH is 1. The Hall–Kier alpha value is -1.03. The Morgan fingerprint density at radius 2 is 1.72 bits per heavy atom. The molecule has 0 aromatic heterocycles. The number of anilines is 1. The van der Waals surface area contributed by atoms with Crippen molar-refractivity contribution < 1.29 is 5.11 Å². The first-order chi connectivity index (χ1) is 8.69. The van der Waals surface area contributed by atoms with E-state index in [9.17, 15) is 0 Å². The second kappa shape index (κ2) is 6.23. The minimum absolute atomic E-state index is 0.0756. The Bertz CT molecular complexity index is 528. The Morgan fingerprint density at radius 1 is 1.06 bits per heavy atom. The standard InChI is InChI=1S/C14H13BrClNO/c15-12-5-6-14(13(16)7-12)17-8-10-1-3-11(9-18)4-2-10/h1-7,17-18H,8-9H2. The molecule has 2 aromatic carbocycles. The first-order valence-corrected chi connectivity index (χ1v) is 6.74. The van der Waals surface area contributed by atoms with E-state index < -0.39 is 0 Å². The Morgan fingerprint density at radius 3 is 2.33 bits per heavy atom. The van der Waals surface area contributed by atoms with Crippen molar-refractivity contribution in [3.05, 3.63) is 63.1 Å². The number of hydrogen-bond acceptors (Lipinski definition) is 2. The highest BCUT2D eigenvalue weighted by Crippen LogP contribution is 2.26. The normalized spacial score (nSPS) is 10.4. The summed E-state index contributed by atoms with van der Waals surface area (Å²) in [4.78, 5) is 0. The monoisotopic (exact) mass is 325 g/mol. The van der Waals surface area contributed by atoms with Gasteiger partial charge in [-0.05, 0) is 29.3 Å². The summed E-state index contributed by atoms with van der Waals surface area (Å²) >= 11 is 9.49. The lowest BCUT2D eigenvalue weighted by Gasteiger charge is -2.09. The van der Waals surface area contributed by atoms with Crippen LogP contribution in [0.2, 0.25) is 5.02 Å². The fourth-order valence-corrected chi connectivity index (χ4v) is 2.33. The molecule has 0 heterocycles. The first kappa shape index (κ1) is 13.4. The van der Waals surface area contributed by atoms with Crippen LogP contribution in [0.4, 0.5) is 5.69 Å². The molecule has 2 N–H and O–H groups in total. The van der Waals surface area contributed by atoms with E-state index in [0.717, 1.165) is 21.3 Å². The van der Waals surface area contributed by atoms with Crippen molar-refractivity contribution in [2.75, 3.05) is 5.32 Å². The number of benzene rings is 2. The zero-order valence-corrected chi connectivity index (χ0v) is 12.0. The van der Waals surface area contributed by atoms with Gasteiger partial charge in [-0.1, -0.05) is 51.8 Å². The largest absolute Gasteiger partial charge is 0.392 e. The van der Waals surface area contributed by atoms with Gasteiger partial charge in [0.1, 0.15) is 0 Å². The molecule has 0 atom stereocenters. The smallest absolute Gasteiger partial charge is 0.0681 e. The lowest BCUT2D eigenvalue weighted by Crippen LogP contribution is -2.00. The lowest BCUT2D eigenvalue weighted by atomic mass is 10.1. The minimum atomic E-state index is 0.0756. The molecule has 94 valence electrons. The van der Waals surface area contributed by atoms with Crippen LogP contribution in [0.1, 0.15) is 11.1 Å². The second-order valence-corrected chi connectivity index (χ2v) is 5.28. The van der Waals surface area contributed by atoms with E-state index in [1.165, 1.54) is 0 Å². The van der Waals surface area contributed by atoms with Crippen molar-refractivity contribution >= 4 is 33.2 Å². The number of aliphatic hydroxyl groups is 1. The molecule has 0 bridgehead atoms. The average molecular weight is 327 g/mol. The quantitative estimate of drug-likeness (QED) is 0.882. The Balaban J connectivity index is 2.02. The summed E-state index contributed by atoms with van der Waals surface area (Å²) < 4.78 is 0.963. The van der Waals surface area contributed by atoms with Gasteiger partial charge in [0.15, 0.2) is 0 Å². The fraction of sp³-hybridized carbons (Fsp3) is 0.143. The molecule has 0 aliphatic carbocycles. The van der Waals surface area contributed by atoms with Crippen LogP contribution in [0.25, 0.3) is 0 Å². The highest BCUT2D eigenvalue weighted by Gasteiger charge is 2.00. The van der Waals surface area contributed by atoms with Gasteiger partial charge in [0.05, 0.1) is 17.3 Å². The fourth-order valence-electron chi connectivity index (χ4n) is 1.59. The van der Waals surface area contributed by atoms with Crippen LogP contribution in [-0.2, 0) is 13.2 Å². The summed E-state index contributed by atoms with van der Waals surface area (Å²) in [5.41, 5.74) is 2.97. The van der Waals surface area contributed by atoms with Crippen LogP contribution in [-0.4, -0.2) is 5.11 Å². The maximum Gasteiger partial charge on any atom is 0.0681 e. The van der Waals surface area contributed by atoms with Gasteiger partial charge in [-0.15, -0.1) is 0 Å². The van der Waals surface area contributed by atoms with Crippen molar-refractivity contribution in [2.45, 2.75) is 13.2 Å². The highest BCUT2D eigenvalue weighted by molar-refractivity contribution is 9.10. The molecule has 0 unspecified atom stereocenters. The molecule has 0 fully saturated rings. The number of nitrogens with one attached hydrogen (secondary N) is 1. The maximum atomic E-state index is 8.96. The summed E-state index contributed by atoms with van der Waals surface area (Å²) in [5, 5.41) is 12.9. The Labute approximate surface area is 120 Å². The first-order valence-electron chi connectivity index (χ1n) is 5.56. The van der Waals surface area contributed by atoms with Crippen molar-refractivity contribution in [1.82, 2.24) is 0 Å². The van der Waals surface area contributed by atoms with E-state index in [4.69, 9.17) is 16.7 Å². The van der Waals surface area contributed by atoms with Gasteiger partial charge in [-0.3, -0.25) is 0 Å². The molecule has 4 heteroatoms. The van der Waals surface area contributed by atoms with Crippen LogP contribution in [0.15, 0.2) is 46.9 Å². The van der Waals surface area contributed by atoms with Crippen LogP contribution in [0.3, 0.4) is 0 Å². The van der Waals surface area contributed by atoms with Crippen LogP contribution in [0, 0.1) is 0 Å². The van der Waals surface area contributed by atoms with Crippen LogP contribution < -0.4 is 5.32 Å². The van der Waals surface area contributed by atoms with Gasteiger partial charge in [-0.2, -0.15) is 0 Å². The van der Waals surface area contributed by atoms with Crippen molar-refractivity contribution in [3.63, 3.8) is 0 Å². The third-order valence-electron chi connectivity index (χ3n) is 2.62. The molecule has 0 spiro atoms. The van der Waals surface area contributed by atoms with Crippen LogP contribution >= 0.6 is 27.5 Å². The van der Waals surface area contributed by atoms with Gasteiger partial charge in [0, 0.05) is 11.0 Å². The molecule has 0 aliphatic rings. The van der Waals surface area contributed by atoms with Gasteiger partial charge < -0.3 is 10.4 Å². The zero-order valence-electron chi connectivity index (χ0n) is 9.66. The van der Waals surface area contributed by atoms with Crippen LogP contribution in [0.5, 0.6) is 0 Å². The van der Waals surface area contributed by atoms with Gasteiger partial charge >= 0.3 is 0 Å². The minimum Gasteiger partial charge on any atom is -0.392 e. The third-order valence-corrected chi connectivity index (χ3v) is 3.43. The van der Waals surface area contributed by atoms with Gasteiger partial charge in [-0.25, -0.2) is 0 Å². The summed E-state index contributed by atoms with van der Waals surface area (Å²) in [6.07, 6.45) is 0. The molecule has 0 amide bonds. The predicted molar refractivity (Wildman–Crippen MR) is 78.8 cm³/mol. The average Bonchev–Trinajstić information content (AvgIpc) is 2.38. The highest BCUT2D eigenvalue weighted by atomic mass is 79.9. The van der Waals surface area contributed by atoms with E-state index in [2.05, 4.69) is 21.2 Å². The van der Waals surface area contributed by atoms with E-state index >= 15 is 0 Å². The SMILES string of the molecule is OCc1ccc(CNc2ccc(Br)cc2Cl)cc1. The lowest BCUT2D eigenvalue weighted by molar-refractivity contribution is 0.282. The van der Waals surface area contributed by atoms with E-state index in [0.29, 0.717) is 11.6 Å². The molecule has 2 aromatic rings. The van der Waals surface area contributed by atoms with Gasteiger partial charge in [0.2, 0.25) is 0 Å². The zero-order chi connectivity index (χ0) is 13.0. The topological polar surface area (TPSA) is 32.3 Å². The molecule has 0 radical (unpaired) electrons. The van der Waals surface area contributed by atoms with Gasteiger partial charge in [0.25, 0.3) is 0 Å². The summed E-state index contributed by atoms with van der Waals surface area (Å²) in [5.74, 6) is 0. The van der Waals surface area contributed by atoms with E-state index in [-0.39, 0.29) is 6.61 Å². The van der Waals surface area contributed by atoms with Crippen molar-refractivity contribution in [3.8, 4) is 0 Å². The third kappa shape index (κ3) is 3.48. The van der Waals surface area contributed by atoms with E-state index in [1.807, 2.05) is 42.5 Å². The summed E-state index contributed by atoms with van der Waals surface area (Å²) in [6.45, 7) is 0.777. The molecule has 2 nitrogen and oxygen atoms in total. The number of hydrogen-bond donors (Lipinski definition) is 2. The second-order valence-electron chi connectivity index (χ2n) is 3.95. The summed E-state index contributed by atoms with van der Waals surface area (Å²) in [6, 6.07) is 13.6. The molecule has 18 heavy (non-hydrogen) atoms. The summed E-state index contributed by atoms with van der Waals surface area (Å²) in [7, 11) is 0. The molecule has 0 saturated heterocycles. The maximum absolute atomic E-state index is 8.96. The molecule has 2 rings (SSSR count). The van der Waals surface area contributed by atoms with Crippen molar-refractivity contribution in [2.24, 2.45) is 0 Å². The van der Waals surface area contributed by atoms with Crippen molar-refractivity contribution in [1.29, 1.82) is 0 Å². The molecule has 0 aliphatic heterocycles. The molecule has 0 saturated carbocycles. The number of halogens is 2. The predicted octanol–water partition coefficient (Wildman–Crippen LogP) is 4.21.